The summed E-state index contributed by atoms with van der Waals surface area (Å²) in [5.41, 5.74) is 1.18. The minimum absolute atomic E-state index is 0.0466. The summed E-state index contributed by atoms with van der Waals surface area (Å²) in [6.07, 6.45) is 0. The molecule has 28 heavy (non-hydrogen) atoms. The van der Waals surface area contributed by atoms with Crippen molar-refractivity contribution < 1.29 is 14.5 Å². The number of non-ortho nitro benzene ring substituents is 1. The van der Waals surface area contributed by atoms with Gasteiger partial charge in [0.15, 0.2) is 5.82 Å². The van der Waals surface area contributed by atoms with Crippen LogP contribution in [-0.2, 0) is 4.79 Å². The molecule has 0 aliphatic rings. The first-order valence-electron chi connectivity index (χ1n) is 8.00. The molecule has 0 aliphatic carbocycles. The normalized spacial score (nSPS) is 10.5. The molecule has 1 heterocycles. The average molecular weight is 400 g/mol. The van der Waals surface area contributed by atoms with E-state index in [2.05, 4.69) is 15.5 Å². The fourth-order valence-corrected chi connectivity index (χ4v) is 2.96. The van der Waals surface area contributed by atoms with Gasteiger partial charge in [-0.3, -0.25) is 14.9 Å². The van der Waals surface area contributed by atoms with Crippen LogP contribution in [0.5, 0.6) is 5.75 Å². The lowest BCUT2D eigenvalue weighted by molar-refractivity contribution is -0.384. The van der Waals surface area contributed by atoms with E-state index in [4.69, 9.17) is 10.6 Å². The smallest absolute Gasteiger partial charge is 0.269 e. The number of nitro groups is 1. The number of rotatable bonds is 7. The summed E-state index contributed by atoms with van der Waals surface area (Å²) in [4.78, 5) is 22.2. The van der Waals surface area contributed by atoms with Gasteiger partial charge >= 0.3 is 0 Å². The summed E-state index contributed by atoms with van der Waals surface area (Å²) in [6, 6.07) is 12.8. The molecule has 0 atom stereocenters. The van der Waals surface area contributed by atoms with Gasteiger partial charge in [0.2, 0.25) is 11.1 Å². The van der Waals surface area contributed by atoms with Crippen LogP contribution in [0.15, 0.2) is 53.7 Å². The Morgan fingerprint density at radius 3 is 2.50 bits per heavy atom. The van der Waals surface area contributed by atoms with Gasteiger partial charge in [0.05, 0.1) is 17.8 Å². The van der Waals surface area contributed by atoms with Crippen molar-refractivity contribution in [1.29, 1.82) is 0 Å². The van der Waals surface area contributed by atoms with Crippen molar-refractivity contribution in [2.45, 2.75) is 5.16 Å². The van der Waals surface area contributed by atoms with Crippen LogP contribution in [-0.4, -0.2) is 38.6 Å². The van der Waals surface area contributed by atoms with E-state index in [1.165, 1.54) is 28.9 Å². The number of nitro benzene ring substituents is 1. The molecule has 2 aromatic carbocycles. The minimum Gasteiger partial charge on any atom is -0.497 e. The van der Waals surface area contributed by atoms with Crippen molar-refractivity contribution in [3.05, 3.63) is 58.6 Å². The summed E-state index contributed by atoms with van der Waals surface area (Å²) in [7, 11) is 1.58. The van der Waals surface area contributed by atoms with Crippen LogP contribution >= 0.6 is 11.8 Å². The number of aromatic nitrogens is 3. The standard InChI is InChI=1S/C17H16N6O4S/c1-27-14-8-2-11(3-9-14)16-20-21-17(22(16)18)28-10-15(24)19-12-4-6-13(7-5-12)23(25)26/h2-9H,10,18H2,1H3,(H,19,24). The number of nitrogens with two attached hydrogens (primary N) is 1. The maximum atomic E-state index is 12.1. The molecule has 11 heteroatoms. The van der Waals surface area contributed by atoms with E-state index < -0.39 is 4.92 Å². The van der Waals surface area contributed by atoms with Crippen LogP contribution < -0.4 is 15.9 Å². The molecule has 144 valence electrons. The van der Waals surface area contributed by atoms with E-state index in [1.807, 2.05) is 12.1 Å². The highest BCUT2D eigenvalue weighted by molar-refractivity contribution is 7.99. The quantitative estimate of drug-likeness (QED) is 0.267. The van der Waals surface area contributed by atoms with Gasteiger partial charge in [-0.05, 0) is 36.4 Å². The third-order valence-electron chi connectivity index (χ3n) is 3.71. The molecule has 0 unspecified atom stereocenters. The number of nitrogens with zero attached hydrogens (tertiary/aromatic N) is 4. The zero-order valence-electron chi connectivity index (χ0n) is 14.7. The van der Waals surface area contributed by atoms with E-state index in [0.29, 0.717) is 22.4 Å². The summed E-state index contributed by atoms with van der Waals surface area (Å²) in [6.45, 7) is 0. The third-order valence-corrected chi connectivity index (χ3v) is 4.65. The lowest BCUT2D eigenvalue weighted by Crippen LogP contribution is -2.16. The Hall–Kier alpha value is -3.60. The molecule has 3 aromatic rings. The van der Waals surface area contributed by atoms with Crippen molar-refractivity contribution >= 4 is 29.0 Å². The number of ether oxygens (including phenoxy) is 1. The molecule has 0 radical (unpaired) electrons. The summed E-state index contributed by atoms with van der Waals surface area (Å²) in [5, 5.41) is 21.7. The van der Waals surface area contributed by atoms with E-state index in [9.17, 15) is 14.9 Å². The summed E-state index contributed by atoms with van der Waals surface area (Å²) >= 11 is 1.12. The van der Waals surface area contributed by atoms with Gasteiger partial charge < -0.3 is 15.9 Å². The predicted octanol–water partition coefficient (Wildman–Crippen LogP) is 2.31. The second-order valence-electron chi connectivity index (χ2n) is 5.55. The molecular weight excluding hydrogens is 384 g/mol. The number of carbonyl (C=O) groups excluding carboxylic acids is 1. The third kappa shape index (κ3) is 4.38. The number of anilines is 1. The van der Waals surface area contributed by atoms with Crippen LogP contribution in [0.3, 0.4) is 0 Å². The molecule has 0 fully saturated rings. The lowest BCUT2D eigenvalue weighted by Gasteiger charge is -2.06. The molecule has 0 bridgehead atoms. The topological polar surface area (TPSA) is 138 Å². The molecular formula is C17H16N6O4S. The Morgan fingerprint density at radius 2 is 1.89 bits per heavy atom. The Bertz CT molecular complexity index is 988. The average Bonchev–Trinajstić information content (AvgIpc) is 3.07. The number of nitrogens with one attached hydrogen (secondary N) is 1. The zero-order valence-corrected chi connectivity index (χ0v) is 15.5. The number of amides is 1. The van der Waals surface area contributed by atoms with Crippen molar-refractivity contribution in [2.24, 2.45) is 0 Å². The number of hydrogen-bond donors (Lipinski definition) is 2. The van der Waals surface area contributed by atoms with Crippen LogP contribution in [0.1, 0.15) is 0 Å². The van der Waals surface area contributed by atoms with E-state index in [-0.39, 0.29) is 17.3 Å². The zero-order chi connectivity index (χ0) is 20.1. The molecule has 1 amide bonds. The maximum Gasteiger partial charge on any atom is 0.269 e. The van der Waals surface area contributed by atoms with E-state index in [1.54, 1.807) is 19.2 Å². The number of hydrogen-bond acceptors (Lipinski definition) is 8. The maximum absolute atomic E-state index is 12.1. The van der Waals surface area contributed by atoms with Crippen molar-refractivity contribution in [3.63, 3.8) is 0 Å². The van der Waals surface area contributed by atoms with Gasteiger partial charge in [-0.25, -0.2) is 4.68 Å². The number of methoxy groups -OCH3 is 1. The molecule has 0 saturated carbocycles. The fraction of sp³-hybridized carbons (Fsp3) is 0.118. The van der Waals surface area contributed by atoms with Gasteiger partial charge in [0.1, 0.15) is 5.75 Å². The molecule has 3 N–H and O–H groups in total. The van der Waals surface area contributed by atoms with Crippen LogP contribution in [0.2, 0.25) is 0 Å². The van der Waals surface area contributed by atoms with E-state index in [0.717, 1.165) is 17.3 Å². The predicted molar refractivity (Wildman–Crippen MR) is 105 cm³/mol. The van der Waals surface area contributed by atoms with E-state index >= 15 is 0 Å². The van der Waals surface area contributed by atoms with Gasteiger partial charge in [-0.2, -0.15) is 0 Å². The first kappa shape index (κ1) is 19.2. The first-order valence-corrected chi connectivity index (χ1v) is 8.98. The largest absolute Gasteiger partial charge is 0.497 e. The highest BCUT2D eigenvalue weighted by atomic mass is 32.2. The second-order valence-corrected chi connectivity index (χ2v) is 6.49. The van der Waals surface area contributed by atoms with Crippen molar-refractivity contribution in [3.8, 4) is 17.1 Å². The number of carbonyl (C=O) groups is 1. The molecule has 0 spiro atoms. The minimum atomic E-state index is -0.504. The van der Waals surface area contributed by atoms with Crippen molar-refractivity contribution in [1.82, 2.24) is 14.9 Å². The summed E-state index contributed by atoms with van der Waals surface area (Å²) < 4.78 is 6.43. The van der Waals surface area contributed by atoms with Crippen LogP contribution in [0, 0.1) is 10.1 Å². The Labute approximate surface area is 163 Å². The number of nitrogen functional groups attached to an aromatic ring is 1. The molecule has 1 aromatic heterocycles. The Balaban J connectivity index is 1.60. The molecule has 10 nitrogen and oxygen atoms in total. The monoisotopic (exact) mass is 400 g/mol. The number of thioether (sulfide) groups is 1. The van der Waals surface area contributed by atoms with Gasteiger partial charge in [0, 0.05) is 23.4 Å². The summed E-state index contributed by atoms with van der Waals surface area (Å²) in [5.74, 6) is 6.96. The Morgan fingerprint density at radius 1 is 1.21 bits per heavy atom. The molecule has 0 aliphatic heterocycles. The SMILES string of the molecule is COc1ccc(-c2nnc(SCC(=O)Nc3ccc([N+](=O)[O-])cc3)n2N)cc1. The molecule has 3 rings (SSSR count). The van der Waals surface area contributed by atoms with Crippen molar-refractivity contribution in [2.75, 3.05) is 24.0 Å². The number of benzene rings is 2. The van der Waals surface area contributed by atoms with Crippen LogP contribution in [0.25, 0.3) is 11.4 Å². The highest BCUT2D eigenvalue weighted by Gasteiger charge is 2.14. The first-order chi connectivity index (χ1) is 13.5. The van der Waals surface area contributed by atoms with Crippen LogP contribution in [0.4, 0.5) is 11.4 Å². The lowest BCUT2D eigenvalue weighted by atomic mass is 10.2. The highest BCUT2D eigenvalue weighted by Crippen LogP contribution is 2.24. The Kier molecular flexibility index (Phi) is 5.75. The molecule has 0 saturated heterocycles. The van der Waals surface area contributed by atoms with Gasteiger partial charge in [-0.15, -0.1) is 10.2 Å². The fourth-order valence-electron chi connectivity index (χ4n) is 2.31. The van der Waals surface area contributed by atoms with Gasteiger partial charge in [0.25, 0.3) is 5.69 Å². The second kappa shape index (κ2) is 8.39. The van der Waals surface area contributed by atoms with Gasteiger partial charge in [-0.1, -0.05) is 11.8 Å².